The number of nitrogens with one attached hydrogen (secondary N) is 1. The van der Waals surface area contributed by atoms with E-state index in [1.165, 1.54) is 4.63 Å². The monoisotopic (exact) mass is 245 g/mol. The third-order valence-electron chi connectivity index (χ3n) is 2.37. The van der Waals surface area contributed by atoms with Gasteiger partial charge in [-0.3, -0.25) is 4.68 Å². The SMILES string of the molecule is Nc1cnn(CCNc2ccc3nnnn3n2)c1. The molecule has 18 heavy (non-hydrogen) atoms. The first kappa shape index (κ1) is 10.4. The van der Waals surface area contributed by atoms with E-state index in [0.717, 1.165) is 0 Å². The standard InChI is InChI=1S/C9H11N9/c10-7-5-12-17(6-7)4-3-11-8-1-2-9-13-15-16-18(9)14-8/h1-2,5-6H,3-4,10H2,(H,11,14). The Morgan fingerprint density at radius 1 is 1.33 bits per heavy atom. The molecule has 0 aliphatic rings. The molecule has 0 atom stereocenters. The number of nitrogens with zero attached hydrogens (tertiary/aromatic N) is 7. The zero-order valence-corrected chi connectivity index (χ0v) is 9.43. The number of hydrogen-bond donors (Lipinski definition) is 2. The average molecular weight is 245 g/mol. The summed E-state index contributed by atoms with van der Waals surface area (Å²) in [5.41, 5.74) is 6.84. The molecule has 0 spiro atoms. The molecule has 9 nitrogen and oxygen atoms in total. The number of tetrazole rings is 1. The van der Waals surface area contributed by atoms with E-state index >= 15 is 0 Å². The van der Waals surface area contributed by atoms with Gasteiger partial charge in [0.05, 0.1) is 18.4 Å². The van der Waals surface area contributed by atoms with E-state index < -0.39 is 0 Å². The number of aromatic nitrogens is 7. The molecule has 3 N–H and O–H groups in total. The van der Waals surface area contributed by atoms with Gasteiger partial charge in [-0.15, -0.1) is 14.8 Å². The molecule has 0 aromatic carbocycles. The van der Waals surface area contributed by atoms with Crippen LogP contribution >= 0.6 is 0 Å². The second-order valence-corrected chi connectivity index (χ2v) is 3.71. The Bertz CT molecular complexity index is 655. The third kappa shape index (κ3) is 2.05. The van der Waals surface area contributed by atoms with Crippen molar-refractivity contribution in [3.8, 4) is 0 Å². The molecule has 0 aliphatic heterocycles. The van der Waals surface area contributed by atoms with Gasteiger partial charge >= 0.3 is 0 Å². The summed E-state index contributed by atoms with van der Waals surface area (Å²) in [4.78, 5) is 0. The van der Waals surface area contributed by atoms with Crippen LogP contribution in [0.5, 0.6) is 0 Å². The second kappa shape index (κ2) is 4.28. The van der Waals surface area contributed by atoms with Crippen molar-refractivity contribution >= 4 is 17.2 Å². The van der Waals surface area contributed by atoms with Crippen LogP contribution in [-0.2, 0) is 6.54 Å². The molecule has 3 aromatic heterocycles. The maximum atomic E-state index is 5.57. The van der Waals surface area contributed by atoms with E-state index in [0.29, 0.717) is 30.2 Å². The highest BCUT2D eigenvalue weighted by molar-refractivity contribution is 5.41. The molecule has 0 bridgehead atoms. The van der Waals surface area contributed by atoms with Crippen LogP contribution in [0.4, 0.5) is 11.5 Å². The molecule has 3 rings (SSSR count). The summed E-state index contributed by atoms with van der Waals surface area (Å²) in [6, 6.07) is 3.62. The fourth-order valence-electron chi connectivity index (χ4n) is 1.54. The zero-order chi connectivity index (χ0) is 12.4. The Balaban J connectivity index is 1.62. The van der Waals surface area contributed by atoms with Gasteiger partial charge in [0.15, 0.2) is 5.65 Å². The highest BCUT2D eigenvalue weighted by atomic mass is 15.6. The molecule has 0 radical (unpaired) electrons. The zero-order valence-electron chi connectivity index (χ0n) is 9.43. The second-order valence-electron chi connectivity index (χ2n) is 3.71. The number of anilines is 2. The largest absolute Gasteiger partial charge is 0.396 e. The number of nitrogen functional groups attached to an aromatic ring is 1. The van der Waals surface area contributed by atoms with Crippen LogP contribution in [0, 0.1) is 0 Å². The smallest absolute Gasteiger partial charge is 0.200 e. The first-order valence-electron chi connectivity index (χ1n) is 5.38. The van der Waals surface area contributed by atoms with E-state index in [4.69, 9.17) is 5.73 Å². The minimum absolute atomic E-state index is 0.611. The molecule has 3 heterocycles. The van der Waals surface area contributed by atoms with Crippen LogP contribution in [0.25, 0.3) is 5.65 Å². The molecule has 0 fully saturated rings. The molecule has 0 aliphatic carbocycles. The molecule has 3 aromatic rings. The average Bonchev–Trinajstić information content (AvgIpc) is 2.97. The van der Waals surface area contributed by atoms with Crippen molar-refractivity contribution in [2.45, 2.75) is 6.54 Å². The highest BCUT2D eigenvalue weighted by Crippen LogP contribution is 2.03. The lowest BCUT2D eigenvalue weighted by Gasteiger charge is -2.04. The lowest BCUT2D eigenvalue weighted by atomic mass is 10.5. The summed E-state index contributed by atoms with van der Waals surface area (Å²) in [7, 11) is 0. The van der Waals surface area contributed by atoms with Crippen molar-refractivity contribution in [3.63, 3.8) is 0 Å². The topological polar surface area (TPSA) is 112 Å². The maximum Gasteiger partial charge on any atom is 0.200 e. The van der Waals surface area contributed by atoms with Crippen molar-refractivity contribution in [3.05, 3.63) is 24.5 Å². The van der Waals surface area contributed by atoms with Gasteiger partial charge in [0.25, 0.3) is 0 Å². The Hall–Kier alpha value is -2.71. The van der Waals surface area contributed by atoms with E-state index in [2.05, 4.69) is 31.0 Å². The summed E-state index contributed by atoms with van der Waals surface area (Å²) >= 11 is 0. The Morgan fingerprint density at radius 2 is 2.28 bits per heavy atom. The van der Waals surface area contributed by atoms with Crippen LogP contribution in [0.1, 0.15) is 0 Å². The molecule has 0 amide bonds. The first-order valence-corrected chi connectivity index (χ1v) is 5.38. The maximum absolute atomic E-state index is 5.57. The Kier molecular flexibility index (Phi) is 2.48. The van der Waals surface area contributed by atoms with Crippen LogP contribution in [-0.4, -0.2) is 41.6 Å². The molecular weight excluding hydrogens is 234 g/mol. The number of hydrogen-bond acceptors (Lipinski definition) is 7. The summed E-state index contributed by atoms with van der Waals surface area (Å²) in [6.45, 7) is 1.38. The molecular formula is C9H11N9. The van der Waals surface area contributed by atoms with Crippen LogP contribution in [0.2, 0.25) is 0 Å². The van der Waals surface area contributed by atoms with Crippen molar-refractivity contribution < 1.29 is 0 Å². The van der Waals surface area contributed by atoms with Crippen LogP contribution < -0.4 is 11.1 Å². The summed E-state index contributed by atoms with van der Waals surface area (Å²) < 4.78 is 3.13. The lowest BCUT2D eigenvalue weighted by Crippen LogP contribution is -2.12. The molecule has 0 saturated carbocycles. The van der Waals surface area contributed by atoms with Gasteiger partial charge in [0.1, 0.15) is 5.82 Å². The van der Waals surface area contributed by atoms with Gasteiger partial charge < -0.3 is 11.1 Å². The summed E-state index contributed by atoms with van der Waals surface area (Å²) in [6.07, 6.45) is 3.39. The quantitative estimate of drug-likeness (QED) is 0.631. The lowest BCUT2D eigenvalue weighted by molar-refractivity contribution is 0.635. The van der Waals surface area contributed by atoms with Crippen molar-refractivity contribution in [2.24, 2.45) is 0 Å². The fraction of sp³-hybridized carbons (Fsp3) is 0.222. The predicted octanol–water partition coefficient (Wildman–Crippen LogP) is -0.590. The Morgan fingerprint density at radius 3 is 3.11 bits per heavy atom. The number of nitrogens with two attached hydrogens (primary N) is 1. The van der Waals surface area contributed by atoms with Gasteiger partial charge in [-0.1, -0.05) is 0 Å². The van der Waals surface area contributed by atoms with E-state index in [1.54, 1.807) is 23.1 Å². The van der Waals surface area contributed by atoms with Gasteiger partial charge in [0, 0.05) is 12.7 Å². The number of fused-ring (bicyclic) bond motifs is 1. The van der Waals surface area contributed by atoms with Crippen LogP contribution in [0.3, 0.4) is 0 Å². The van der Waals surface area contributed by atoms with Gasteiger partial charge in [-0.05, 0) is 22.6 Å². The third-order valence-corrected chi connectivity index (χ3v) is 2.37. The summed E-state index contributed by atoms with van der Waals surface area (Å²) in [5, 5.41) is 22.4. The van der Waals surface area contributed by atoms with Gasteiger partial charge in [0.2, 0.25) is 0 Å². The van der Waals surface area contributed by atoms with E-state index in [-0.39, 0.29) is 0 Å². The normalized spacial score (nSPS) is 10.9. The molecule has 0 saturated heterocycles. The number of rotatable bonds is 4. The minimum Gasteiger partial charge on any atom is -0.396 e. The van der Waals surface area contributed by atoms with E-state index in [9.17, 15) is 0 Å². The molecule has 9 heteroatoms. The van der Waals surface area contributed by atoms with Crippen LogP contribution in [0.15, 0.2) is 24.5 Å². The van der Waals surface area contributed by atoms with Gasteiger partial charge in [-0.25, -0.2) is 0 Å². The summed E-state index contributed by atoms with van der Waals surface area (Å²) in [5.74, 6) is 0.704. The minimum atomic E-state index is 0.611. The molecule has 92 valence electrons. The highest BCUT2D eigenvalue weighted by Gasteiger charge is 2.00. The first-order chi connectivity index (χ1) is 8.81. The van der Waals surface area contributed by atoms with Gasteiger partial charge in [-0.2, -0.15) is 5.10 Å². The fourth-order valence-corrected chi connectivity index (χ4v) is 1.54. The Labute approximate surface area is 102 Å². The van der Waals surface area contributed by atoms with E-state index in [1.807, 2.05) is 6.07 Å². The molecule has 0 unspecified atom stereocenters. The van der Waals surface area contributed by atoms with Crippen molar-refractivity contribution in [1.82, 2.24) is 35.0 Å². The van der Waals surface area contributed by atoms with Crippen molar-refractivity contribution in [2.75, 3.05) is 17.6 Å². The predicted molar refractivity (Wildman–Crippen MR) is 63.7 cm³/mol. The van der Waals surface area contributed by atoms with Crippen molar-refractivity contribution in [1.29, 1.82) is 0 Å².